The van der Waals surface area contributed by atoms with Gasteiger partial charge in [-0.3, -0.25) is 0 Å². The largest absolute Gasteiger partial charge is 0.506 e. The van der Waals surface area contributed by atoms with E-state index in [9.17, 15) is 5.11 Å². The molecule has 2 aromatic rings. The van der Waals surface area contributed by atoms with Crippen molar-refractivity contribution in [2.24, 2.45) is 5.16 Å². The van der Waals surface area contributed by atoms with Gasteiger partial charge in [0, 0.05) is 12.0 Å². The molecular weight excluding hydrogens is 397 g/mol. The van der Waals surface area contributed by atoms with Crippen molar-refractivity contribution in [1.29, 1.82) is 0 Å². The van der Waals surface area contributed by atoms with Gasteiger partial charge in [-0.1, -0.05) is 28.4 Å². The molecule has 110 valence electrons. The van der Waals surface area contributed by atoms with Crippen molar-refractivity contribution in [2.45, 2.75) is 19.4 Å². The molecule has 0 aliphatic carbocycles. The summed E-state index contributed by atoms with van der Waals surface area (Å²) < 4.78 is 1.09. The second-order valence-electron chi connectivity index (χ2n) is 4.74. The fourth-order valence-electron chi connectivity index (χ4n) is 2.08. The summed E-state index contributed by atoms with van der Waals surface area (Å²) >= 11 is 17.0. The highest BCUT2D eigenvalue weighted by Crippen LogP contribution is 2.39. The molecule has 3 nitrogen and oxygen atoms in total. The average molecular weight is 407 g/mol. The summed E-state index contributed by atoms with van der Waals surface area (Å²) in [5, 5.41) is 14.4. The Kier molecular flexibility index (Phi) is 4.19. The number of hydrogen-bond donors (Lipinski definition) is 1. The number of rotatable bonds is 2. The van der Waals surface area contributed by atoms with Gasteiger partial charge in [-0.15, -0.1) is 11.3 Å². The highest BCUT2D eigenvalue weighted by atomic mass is 79.9. The fourth-order valence-corrected chi connectivity index (χ4v) is 3.94. The van der Waals surface area contributed by atoms with Crippen molar-refractivity contribution in [2.75, 3.05) is 0 Å². The molecule has 2 heterocycles. The van der Waals surface area contributed by atoms with Crippen LogP contribution in [0.25, 0.3) is 0 Å². The maximum atomic E-state index is 9.75. The summed E-state index contributed by atoms with van der Waals surface area (Å²) in [6, 6.07) is 5.33. The van der Waals surface area contributed by atoms with Gasteiger partial charge in [0.25, 0.3) is 0 Å². The van der Waals surface area contributed by atoms with E-state index in [1.165, 1.54) is 5.56 Å². The van der Waals surface area contributed by atoms with E-state index in [-0.39, 0.29) is 16.9 Å². The van der Waals surface area contributed by atoms with Crippen molar-refractivity contribution in [3.63, 3.8) is 0 Å². The van der Waals surface area contributed by atoms with E-state index in [0.29, 0.717) is 11.4 Å². The normalized spacial score (nSPS) is 17.7. The first-order valence-corrected chi connectivity index (χ1v) is 8.49. The van der Waals surface area contributed by atoms with Gasteiger partial charge in [0.05, 0.1) is 13.7 Å². The molecule has 1 N–H and O–H groups in total. The van der Waals surface area contributed by atoms with E-state index in [1.54, 1.807) is 23.5 Å². The Hall–Kier alpha value is -0.750. The van der Waals surface area contributed by atoms with Crippen molar-refractivity contribution in [1.82, 2.24) is 0 Å². The van der Waals surface area contributed by atoms with Crippen LogP contribution in [0.5, 0.6) is 5.75 Å². The number of benzene rings is 1. The van der Waals surface area contributed by atoms with E-state index in [2.05, 4.69) is 27.2 Å². The fraction of sp³-hybridized carbons (Fsp3) is 0.214. The summed E-state index contributed by atoms with van der Waals surface area (Å²) in [5.41, 5.74) is 2.82. The lowest BCUT2D eigenvalue weighted by atomic mass is 10.0. The van der Waals surface area contributed by atoms with Gasteiger partial charge in [-0.05, 0) is 46.6 Å². The molecule has 0 fully saturated rings. The van der Waals surface area contributed by atoms with Crippen molar-refractivity contribution in [3.8, 4) is 5.75 Å². The molecule has 7 heteroatoms. The summed E-state index contributed by atoms with van der Waals surface area (Å²) in [7, 11) is 0. The number of thiophene rings is 1. The van der Waals surface area contributed by atoms with Crippen LogP contribution in [0.4, 0.5) is 0 Å². The molecule has 1 atom stereocenters. The van der Waals surface area contributed by atoms with Gasteiger partial charge in [0.15, 0.2) is 6.10 Å². The maximum absolute atomic E-state index is 9.75. The lowest BCUT2D eigenvalue weighted by molar-refractivity contribution is 0.0856. The molecular formula is C14H10BrCl2NO2S. The first kappa shape index (κ1) is 15.2. The molecule has 0 saturated carbocycles. The molecule has 1 aromatic heterocycles. The topological polar surface area (TPSA) is 41.8 Å². The van der Waals surface area contributed by atoms with Gasteiger partial charge in [-0.2, -0.15) is 0 Å². The number of hydrogen-bond acceptors (Lipinski definition) is 4. The molecule has 1 aromatic carbocycles. The lowest BCUT2D eigenvalue weighted by Crippen LogP contribution is -2.00. The molecule has 0 radical (unpaired) electrons. The third-order valence-corrected chi connectivity index (χ3v) is 6.19. The van der Waals surface area contributed by atoms with E-state index < -0.39 is 0 Å². The zero-order valence-corrected chi connectivity index (χ0v) is 14.8. The Bertz CT molecular complexity index is 702. The third kappa shape index (κ3) is 2.93. The highest BCUT2D eigenvalue weighted by Gasteiger charge is 2.26. The van der Waals surface area contributed by atoms with Crippen LogP contribution in [0.2, 0.25) is 10.0 Å². The van der Waals surface area contributed by atoms with Crippen LogP contribution in [0.3, 0.4) is 0 Å². The summed E-state index contributed by atoms with van der Waals surface area (Å²) in [6.07, 6.45) is 0.367. The minimum Gasteiger partial charge on any atom is -0.506 e. The first-order valence-electron chi connectivity index (χ1n) is 6.12. The average Bonchev–Trinajstić information content (AvgIpc) is 3.03. The van der Waals surface area contributed by atoms with Crippen LogP contribution in [0, 0.1) is 6.92 Å². The van der Waals surface area contributed by atoms with E-state index in [0.717, 1.165) is 19.9 Å². The summed E-state index contributed by atoms with van der Waals surface area (Å²) in [4.78, 5) is 6.55. The SMILES string of the molecule is Cc1cc(C2=NOC(c3cc(O)c(Cl)c(Cl)c3)C2)sc1Br. The number of aromatic hydroxyl groups is 1. The van der Waals surface area contributed by atoms with E-state index >= 15 is 0 Å². The first-order chi connectivity index (χ1) is 9.95. The van der Waals surface area contributed by atoms with Crippen molar-refractivity contribution in [3.05, 3.63) is 48.0 Å². The molecule has 21 heavy (non-hydrogen) atoms. The zero-order valence-electron chi connectivity index (χ0n) is 10.9. The highest BCUT2D eigenvalue weighted by molar-refractivity contribution is 9.11. The molecule has 0 spiro atoms. The Morgan fingerprint density at radius 2 is 2.14 bits per heavy atom. The third-order valence-electron chi connectivity index (χ3n) is 3.21. The second-order valence-corrected chi connectivity index (χ2v) is 7.89. The predicted molar refractivity (Wildman–Crippen MR) is 89.9 cm³/mol. The Labute approximate surface area is 144 Å². The number of phenolic OH excluding ortho intramolecular Hbond substituents is 1. The van der Waals surface area contributed by atoms with Gasteiger partial charge in [0.1, 0.15) is 16.5 Å². The molecule has 0 bridgehead atoms. The number of halogens is 3. The molecule has 3 rings (SSSR count). The van der Waals surface area contributed by atoms with Gasteiger partial charge >= 0.3 is 0 Å². The van der Waals surface area contributed by atoms with Crippen LogP contribution in [0.15, 0.2) is 27.1 Å². The Morgan fingerprint density at radius 3 is 2.76 bits per heavy atom. The van der Waals surface area contributed by atoms with Crippen LogP contribution in [-0.4, -0.2) is 10.8 Å². The molecule has 1 aliphatic rings. The molecule has 1 aliphatic heterocycles. The van der Waals surface area contributed by atoms with Crippen molar-refractivity contribution < 1.29 is 9.94 Å². The summed E-state index contributed by atoms with van der Waals surface area (Å²) in [5.74, 6) is -0.0501. The van der Waals surface area contributed by atoms with Crippen molar-refractivity contribution >= 4 is 56.2 Å². The number of oxime groups is 1. The van der Waals surface area contributed by atoms with Crippen LogP contribution in [-0.2, 0) is 4.84 Å². The molecule has 0 amide bonds. The quantitative estimate of drug-likeness (QED) is 0.695. The standard InChI is InChI=1S/C14H10BrCl2NO2S/c1-6-2-12(21-14(6)15)9-5-11(20-18-9)7-3-8(16)13(17)10(19)4-7/h2-4,11,19H,5H2,1H3. The van der Waals surface area contributed by atoms with E-state index in [4.69, 9.17) is 28.0 Å². The minimum atomic E-state index is -0.262. The number of nitrogens with zero attached hydrogens (tertiary/aromatic N) is 1. The second kappa shape index (κ2) is 5.80. The van der Waals surface area contributed by atoms with Gasteiger partial charge in [-0.25, -0.2) is 0 Å². The minimum absolute atomic E-state index is 0.0501. The molecule has 1 unspecified atom stereocenters. The molecule has 0 saturated heterocycles. The zero-order chi connectivity index (χ0) is 15.1. The van der Waals surface area contributed by atoms with Crippen LogP contribution in [0.1, 0.15) is 28.5 Å². The smallest absolute Gasteiger partial charge is 0.158 e. The predicted octanol–water partition coefficient (Wildman–Crippen LogP) is 5.70. The number of phenols is 1. The Morgan fingerprint density at radius 1 is 1.38 bits per heavy atom. The van der Waals surface area contributed by atoms with Crippen LogP contribution < -0.4 is 0 Å². The monoisotopic (exact) mass is 405 g/mol. The van der Waals surface area contributed by atoms with Crippen LogP contribution >= 0.6 is 50.5 Å². The summed E-state index contributed by atoms with van der Waals surface area (Å²) in [6.45, 7) is 2.04. The lowest BCUT2D eigenvalue weighted by Gasteiger charge is -2.10. The van der Waals surface area contributed by atoms with Gasteiger partial charge < -0.3 is 9.94 Å². The number of aryl methyl sites for hydroxylation is 1. The van der Waals surface area contributed by atoms with Gasteiger partial charge in [0.2, 0.25) is 0 Å². The Balaban J connectivity index is 1.83. The maximum Gasteiger partial charge on any atom is 0.158 e. The van der Waals surface area contributed by atoms with E-state index in [1.807, 2.05) is 6.92 Å².